The number of nitrogens with zero attached hydrogens (tertiary/aromatic N) is 3. The number of hydrogen-bond donors (Lipinski definition) is 1. The van der Waals surface area contributed by atoms with Gasteiger partial charge in [-0.1, -0.05) is 6.07 Å². The van der Waals surface area contributed by atoms with E-state index in [1.165, 1.54) is 39.6 Å². The number of hydrogen-bond acceptors (Lipinski definition) is 7. The Labute approximate surface area is 180 Å². The molecule has 4 rings (SSSR count). The van der Waals surface area contributed by atoms with Crippen molar-refractivity contribution in [1.82, 2.24) is 19.9 Å². The summed E-state index contributed by atoms with van der Waals surface area (Å²) in [6.45, 7) is 0.201. The van der Waals surface area contributed by atoms with Gasteiger partial charge in [0.1, 0.15) is 17.3 Å². The third-order valence-corrected chi connectivity index (χ3v) is 6.15. The van der Waals surface area contributed by atoms with E-state index in [9.17, 15) is 9.59 Å². The highest BCUT2D eigenvalue weighted by molar-refractivity contribution is 7.13. The fourth-order valence-electron chi connectivity index (χ4n) is 2.76. The highest BCUT2D eigenvalue weighted by Crippen LogP contribution is 2.25. The fraction of sp³-hybridized carbons (Fsp3) is 0.143. The molecule has 30 heavy (non-hydrogen) atoms. The van der Waals surface area contributed by atoms with Gasteiger partial charge in [0.15, 0.2) is 0 Å². The molecule has 9 heteroatoms. The van der Waals surface area contributed by atoms with E-state index in [0.29, 0.717) is 12.2 Å². The molecule has 0 radical (unpaired) electrons. The van der Waals surface area contributed by atoms with Crippen molar-refractivity contribution in [3.05, 3.63) is 75.6 Å². The monoisotopic (exact) mass is 438 g/mol. The first-order valence-corrected chi connectivity index (χ1v) is 10.8. The number of thiazole rings is 1. The summed E-state index contributed by atoms with van der Waals surface area (Å²) in [6.07, 6.45) is 1.40. The summed E-state index contributed by atoms with van der Waals surface area (Å²) in [6, 6.07) is 12.9. The maximum atomic E-state index is 12.3. The summed E-state index contributed by atoms with van der Waals surface area (Å²) in [5.74, 6) is 0.512. The normalized spacial score (nSPS) is 10.7. The Morgan fingerprint density at radius 2 is 2.03 bits per heavy atom. The van der Waals surface area contributed by atoms with E-state index in [2.05, 4.69) is 15.3 Å². The van der Waals surface area contributed by atoms with Crippen LogP contribution in [0.2, 0.25) is 0 Å². The van der Waals surface area contributed by atoms with Gasteiger partial charge in [-0.25, -0.2) is 9.97 Å². The van der Waals surface area contributed by atoms with Crippen LogP contribution < -0.4 is 15.6 Å². The number of thiophene rings is 1. The van der Waals surface area contributed by atoms with Crippen LogP contribution in [0.5, 0.6) is 5.75 Å². The minimum absolute atomic E-state index is 0.0912. The highest BCUT2D eigenvalue weighted by Gasteiger charge is 2.10. The number of amides is 1. The van der Waals surface area contributed by atoms with E-state index in [1.807, 2.05) is 47.2 Å². The molecule has 0 saturated heterocycles. The van der Waals surface area contributed by atoms with Crippen LogP contribution in [-0.2, 0) is 17.9 Å². The van der Waals surface area contributed by atoms with E-state index in [-0.39, 0.29) is 18.0 Å². The van der Waals surface area contributed by atoms with Crippen LogP contribution >= 0.6 is 22.7 Å². The lowest BCUT2D eigenvalue weighted by Gasteiger charge is -2.06. The number of methoxy groups -OCH3 is 1. The highest BCUT2D eigenvalue weighted by atomic mass is 32.1. The van der Waals surface area contributed by atoms with E-state index in [4.69, 9.17) is 4.74 Å². The second kappa shape index (κ2) is 9.02. The largest absolute Gasteiger partial charge is 0.497 e. The molecule has 0 fully saturated rings. The Bertz CT molecular complexity index is 1200. The topological polar surface area (TPSA) is 86.1 Å². The molecule has 0 aliphatic carbocycles. The summed E-state index contributed by atoms with van der Waals surface area (Å²) < 4.78 is 6.45. The molecule has 1 amide bonds. The zero-order valence-corrected chi connectivity index (χ0v) is 17.7. The first-order valence-electron chi connectivity index (χ1n) is 9.08. The van der Waals surface area contributed by atoms with Gasteiger partial charge >= 0.3 is 0 Å². The van der Waals surface area contributed by atoms with Crippen molar-refractivity contribution in [3.8, 4) is 26.9 Å². The number of aromatic nitrogens is 3. The van der Waals surface area contributed by atoms with Crippen molar-refractivity contribution >= 4 is 28.6 Å². The minimum atomic E-state index is -0.276. The molecule has 0 saturated carbocycles. The first-order chi connectivity index (χ1) is 14.6. The number of benzene rings is 1. The van der Waals surface area contributed by atoms with Crippen LogP contribution in [0.15, 0.2) is 64.3 Å². The van der Waals surface area contributed by atoms with Gasteiger partial charge in [0.25, 0.3) is 5.56 Å². The minimum Gasteiger partial charge on any atom is -0.497 e. The second-order valence-corrected chi connectivity index (χ2v) is 8.17. The zero-order valence-electron chi connectivity index (χ0n) is 16.1. The third kappa shape index (κ3) is 4.64. The van der Waals surface area contributed by atoms with Crippen molar-refractivity contribution in [2.45, 2.75) is 13.1 Å². The molecule has 3 heterocycles. The molecular formula is C21H18N4O3S2. The average molecular weight is 439 g/mol. The average Bonchev–Trinajstić information content (AvgIpc) is 3.46. The van der Waals surface area contributed by atoms with Crippen LogP contribution in [0.3, 0.4) is 0 Å². The molecule has 7 nitrogen and oxygen atoms in total. The Morgan fingerprint density at radius 3 is 2.73 bits per heavy atom. The maximum Gasteiger partial charge on any atom is 0.254 e. The van der Waals surface area contributed by atoms with Gasteiger partial charge in [-0.15, -0.1) is 22.7 Å². The summed E-state index contributed by atoms with van der Waals surface area (Å²) in [7, 11) is 1.63. The van der Waals surface area contributed by atoms with Crippen LogP contribution in [0.1, 0.15) is 5.69 Å². The van der Waals surface area contributed by atoms with Crippen molar-refractivity contribution in [3.63, 3.8) is 0 Å². The molecule has 4 aromatic rings. The number of nitrogens with one attached hydrogen (secondary N) is 1. The van der Waals surface area contributed by atoms with Gasteiger partial charge in [0.2, 0.25) is 5.91 Å². The van der Waals surface area contributed by atoms with Gasteiger partial charge < -0.3 is 10.1 Å². The SMILES string of the molecule is COc1ccc(-c2nc(CNC(=O)Cn3cnc(-c4cccs4)cc3=O)cs2)cc1. The van der Waals surface area contributed by atoms with Crippen LogP contribution in [0, 0.1) is 0 Å². The molecule has 0 spiro atoms. The summed E-state index contributed by atoms with van der Waals surface area (Å²) in [5.41, 5.74) is 2.10. The second-order valence-electron chi connectivity index (χ2n) is 6.37. The van der Waals surface area contributed by atoms with Gasteiger partial charge in [0.05, 0.1) is 36.2 Å². The fourth-order valence-corrected chi connectivity index (χ4v) is 4.28. The summed E-state index contributed by atoms with van der Waals surface area (Å²) in [4.78, 5) is 34.3. The molecule has 0 bridgehead atoms. The molecule has 152 valence electrons. The van der Waals surface area contributed by atoms with Crippen LogP contribution in [-0.4, -0.2) is 27.6 Å². The molecule has 3 aromatic heterocycles. The molecular weight excluding hydrogens is 420 g/mol. The number of ether oxygens (including phenoxy) is 1. The van der Waals surface area contributed by atoms with Gasteiger partial charge in [0, 0.05) is 17.0 Å². The third-order valence-electron chi connectivity index (χ3n) is 4.32. The lowest BCUT2D eigenvalue weighted by Crippen LogP contribution is -2.32. The van der Waals surface area contributed by atoms with Crippen molar-refractivity contribution in [1.29, 1.82) is 0 Å². The molecule has 0 aliphatic rings. The van der Waals surface area contributed by atoms with Crippen molar-refractivity contribution in [2.75, 3.05) is 7.11 Å². The van der Waals surface area contributed by atoms with Crippen molar-refractivity contribution < 1.29 is 9.53 Å². The van der Waals surface area contributed by atoms with Crippen LogP contribution in [0.4, 0.5) is 0 Å². The predicted molar refractivity (Wildman–Crippen MR) is 118 cm³/mol. The number of carbonyl (C=O) groups excluding carboxylic acids is 1. The van der Waals surface area contributed by atoms with Crippen molar-refractivity contribution in [2.24, 2.45) is 0 Å². The van der Waals surface area contributed by atoms with E-state index >= 15 is 0 Å². The zero-order chi connectivity index (χ0) is 20.9. The summed E-state index contributed by atoms with van der Waals surface area (Å²) >= 11 is 3.02. The van der Waals surface area contributed by atoms with E-state index in [0.717, 1.165) is 26.9 Å². The number of rotatable bonds is 7. The van der Waals surface area contributed by atoms with Crippen LogP contribution in [0.25, 0.3) is 21.1 Å². The quantitative estimate of drug-likeness (QED) is 0.478. The lowest BCUT2D eigenvalue weighted by atomic mass is 10.2. The van der Waals surface area contributed by atoms with Gasteiger partial charge in [-0.05, 0) is 35.7 Å². The lowest BCUT2D eigenvalue weighted by molar-refractivity contribution is -0.121. The molecule has 1 aromatic carbocycles. The number of carbonyl (C=O) groups is 1. The molecule has 0 unspecified atom stereocenters. The maximum absolute atomic E-state index is 12.3. The van der Waals surface area contributed by atoms with E-state index < -0.39 is 0 Å². The standard InChI is InChI=1S/C21H18N4O3S2/c1-28-16-6-4-14(5-7-16)21-24-15(12-30-21)10-22-19(26)11-25-13-23-17(9-20(25)27)18-3-2-8-29-18/h2-9,12-13H,10-11H2,1H3,(H,22,26). The molecule has 0 atom stereocenters. The smallest absolute Gasteiger partial charge is 0.254 e. The molecule has 1 N–H and O–H groups in total. The van der Waals surface area contributed by atoms with Gasteiger partial charge in [-0.3, -0.25) is 14.2 Å². The van der Waals surface area contributed by atoms with E-state index in [1.54, 1.807) is 7.11 Å². The Morgan fingerprint density at radius 1 is 1.20 bits per heavy atom. The Hall–Kier alpha value is -3.30. The Balaban J connectivity index is 1.35. The summed E-state index contributed by atoms with van der Waals surface area (Å²) in [5, 5.41) is 7.50. The Kier molecular flexibility index (Phi) is 6.01. The van der Waals surface area contributed by atoms with Gasteiger partial charge in [-0.2, -0.15) is 0 Å². The first kappa shape index (κ1) is 20.0. The predicted octanol–water partition coefficient (Wildman–Crippen LogP) is 3.42. The molecule has 0 aliphatic heterocycles.